The lowest BCUT2D eigenvalue weighted by Gasteiger charge is -2.14. The van der Waals surface area contributed by atoms with Crippen molar-refractivity contribution in [1.82, 2.24) is 10.0 Å². The molecule has 0 spiro atoms. The normalized spacial score (nSPS) is 14.8. The van der Waals surface area contributed by atoms with Crippen LogP contribution in [0.2, 0.25) is 0 Å². The summed E-state index contributed by atoms with van der Waals surface area (Å²) in [6.45, 7) is 2.54. The van der Waals surface area contributed by atoms with E-state index < -0.39 is 40.6 Å². The average Bonchev–Trinajstić information content (AvgIpc) is 2.24. The molecule has 8 nitrogen and oxygen atoms in total. The van der Waals surface area contributed by atoms with E-state index in [1.54, 1.807) is 6.92 Å². The van der Waals surface area contributed by atoms with E-state index in [1.807, 2.05) is 0 Å². The van der Waals surface area contributed by atoms with Gasteiger partial charge in [-0.15, -0.1) is 0 Å². The van der Waals surface area contributed by atoms with Crippen LogP contribution in [0, 0.1) is 0 Å². The van der Waals surface area contributed by atoms with Gasteiger partial charge in [0.15, 0.2) is 6.10 Å². The summed E-state index contributed by atoms with van der Waals surface area (Å²) in [5.41, 5.74) is 0. The number of sulfonamides is 1. The summed E-state index contributed by atoms with van der Waals surface area (Å²) in [4.78, 5) is 21.7. The van der Waals surface area contributed by atoms with Crippen molar-refractivity contribution >= 4 is 21.9 Å². The van der Waals surface area contributed by atoms with Crippen LogP contribution in [0.3, 0.4) is 0 Å². The molecule has 0 aromatic carbocycles. The number of aliphatic hydroxyl groups excluding tert-OH is 1. The number of rotatable bonds is 8. The van der Waals surface area contributed by atoms with E-state index in [2.05, 4.69) is 10.0 Å². The second-order valence-electron chi connectivity index (χ2n) is 3.76. The topological polar surface area (TPSA) is 133 Å². The summed E-state index contributed by atoms with van der Waals surface area (Å²) >= 11 is 0. The Morgan fingerprint density at radius 1 is 1.33 bits per heavy atom. The van der Waals surface area contributed by atoms with E-state index in [0.717, 1.165) is 0 Å². The molecule has 0 radical (unpaired) electrons. The number of aliphatic hydroxyl groups is 1. The lowest BCUT2D eigenvalue weighted by atomic mass is 10.3. The van der Waals surface area contributed by atoms with Gasteiger partial charge in [-0.1, -0.05) is 6.92 Å². The Morgan fingerprint density at radius 2 is 1.89 bits per heavy atom. The minimum absolute atomic E-state index is 0.0949. The molecule has 0 aliphatic rings. The lowest BCUT2D eigenvalue weighted by Crippen LogP contribution is -2.47. The summed E-state index contributed by atoms with van der Waals surface area (Å²) in [6, 6.07) is -1.03. The molecule has 2 unspecified atom stereocenters. The number of carbonyl (C=O) groups is 2. The Bertz CT molecular complexity index is 394. The number of hydrogen-bond acceptors (Lipinski definition) is 5. The zero-order valence-electron chi connectivity index (χ0n) is 10.2. The van der Waals surface area contributed by atoms with Gasteiger partial charge in [-0.25, -0.2) is 17.9 Å². The quantitative estimate of drug-likeness (QED) is 0.418. The van der Waals surface area contributed by atoms with Crippen molar-refractivity contribution < 1.29 is 28.2 Å². The number of carbonyl (C=O) groups excluding carboxylic acids is 1. The van der Waals surface area contributed by atoms with Crippen LogP contribution in [0.4, 0.5) is 0 Å². The van der Waals surface area contributed by atoms with Crippen LogP contribution in [0.15, 0.2) is 0 Å². The molecule has 1 amide bonds. The zero-order chi connectivity index (χ0) is 14.3. The number of aliphatic carboxylic acids is 1. The molecule has 0 aromatic heterocycles. The van der Waals surface area contributed by atoms with Gasteiger partial charge in [0.1, 0.15) is 0 Å². The molecule has 18 heavy (non-hydrogen) atoms. The van der Waals surface area contributed by atoms with Crippen molar-refractivity contribution in [1.29, 1.82) is 0 Å². The average molecular weight is 282 g/mol. The summed E-state index contributed by atoms with van der Waals surface area (Å²) in [7, 11) is -3.52. The smallest absolute Gasteiger partial charge is 0.334 e. The second kappa shape index (κ2) is 7.29. The molecule has 0 aliphatic carbocycles. The van der Waals surface area contributed by atoms with Crippen molar-refractivity contribution in [3.05, 3.63) is 0 Å². The van der Waals surface area contributed by atoms with E-state index in [1.165, 1.54) is 6.92 Å². The van der Waals surface area contributed by atoms with Crippen molar-refractivity contribution in [2.24, 2.45) is 0 Å². The Labute approximate surface area is 105 Å². The predicted molar refractivity (Wildman–Crippen MR) is 63.3 cm³/mol. The number of nitrogens with one attached hydrogen (secondary N) is 2. The first-order chi connectivity index (χ1) is 8.19. The molecule has 4 N–H and O–H groups in total. The third-order valence-electron chi connectivity index (χ3n) is 1.98. The molecule has 0 aromatic rings. The fraction of sp³-hybridized carbons (Fsp3) is 0.778. The van der Waals surface area contributed by atoms with Crippen molar-refractivity contribution in [2.75, 3.05) is 12.3 Å². The fourth-order valence-electron chi connectivity index (χ4n) is 1.09. The number of hydrogen-bond donors (Lipinski definition) is 4. The number of carboxylic acids is 1. The van der Waals surface area contributed by atoms with Gasteiger partial charge in [0.2, 0.25) is 15.9 Å². The minimum Gasteiger partial charge on any atom is -0.479 e. The van der Waals surface area contributed by atoms with Crippen LogP contribution >= 0.6 is 0 Å². The maximum atomic E-state index is 11.4. The van der Waals surface area contributed by atoms with Crippen molar-refractivity contribution in [3.63, 3.8) is 0 Å². The fourth-order valence-corrected chi connectivity index (χ4v) is 2.39. The molecule has 0 saturated carbocycles. The zero-order valence-corrected chi connectivity index (χ0v) is 11.0. The van der Waals surface area contributed by atoms with Crippen LogP contribution in [0.25, 0.3) is 0 Å². The third kappa shape index (κ3) is 6.52. The maximum Gasteiger partial charge on any atom is 0.334 e. The van der Waals surface area contributed by atoms with Crippen LogP contribution < -0.4 is 10.0 Å². The van der Waals surface area contributed by atoms with E-state index >= 15 is 0 Å². The van der Waals surface area contributed by atoms with Crippen LogP contribution in [-0.4, -0.2) is 55.0 Å². The van der Waals surface area contributed by atoms with Crippen LogP contribution in [-0.2, 0) is 19.6 Å². The maximum absolute atomic E-state index is 11.4. The lowest BCUT2D eigenvalue weighted by molar-refractivity contribution is -0.146. The summed E-state index contributed by atoms with van der Waals surface area (Å²) in [5, 5.41) is 19.4. The molecular formula is C9H18N2O6S. The highest BCUT2D eigenvalue weighted by molar-refractivity contribution is 7.89. The SMILES string of the molecule is CCCS(=O)(=O)NC(C)C(=O)NCC(O)C(=O)O. The highest BCUT2D eigenvalue weighted by Gasteiger charge is 2.21. The Hall–Kier alpha value is -1.19. The first kappa shape index (κ1) is 16.8. The molecule has 0 aliphatic heterocycles. The van der Waals surface area contributed by atoms with Gasteiger partial charge in [0.05, 0.1) is 18.3 Å². The predicted octanol–water partition coefficient (Wildman–Crippen LogP) is -1.73. The first-order valence-electron chi connectivity index (χ1n) is 5.38. The highest BCUT2D eigenvalue weighted by atomic mass is 32.2. The van der Waals surface area contributed by atoms with E-state index in [0.29, 0.717) is 6.42 Å². The Kier molecular flexibility index (Phi) is 6.81. The Balaban J connectivity index is 4.24. The molecule has 0 saturated heterocycles. The standard InChI is InChI=1S/C9H18N2O6S/c1-3-4-18(16,17)11-6(2)8(13)10-5-7(12)9(14)15/h6-7,11-12H,3-5H2,1-2H3,(H,10,13)(H,14,15). The molecule has 0 fully saturated rings. The largest absolute Gasteiger partial charge is 0.479 e. The summed E-state index contributed by atoms with van der Waals surface area (Å²) < 4.78 is 24.9. The van der Waals surface area contributed by atoms with Gasteiger partial charge in [-0.05, 0) is 13.3 Å². The van der Waals surface area contributed by atoms with Crippen LogP contribution in [0.5, 0.6) is 0 Å². The number of amides is 1. The van der Waals surface area contributed by atoms with Gasteiger partial charge < -0.3 is 15.5 Å². The molecule has 9 heteroatoms. The van der Waals surface area contributed by atoms with Crippen molar-refractivity contribution in [3.8, 4) is 0 Å². The molecule has 0 rings (SSSR count). The molecule has 0 bridgehead atoms. The highest BCUT2D eigenvalue weighted by Crippen LogP contribution is 1.93. The summed E-state index contributed by atoms with van der Waals surface area (Å²) in [5.74, 6) is -2.26. The molecule has 106 valence electrons. The molecule has 0 heterocycles. The second-order valence-corrected chi connectivity index (χ2v) is 5.63. The van der Waals surface area contributed by atoms with Gasteiger partial charge >= 0.3 is 5.97 Å². The minimum atomic E-state index is -3.52. The van der Waals surface area contributed by atoms with Gasteiger partial charge in [-0.3, -0.25) is 4.79 Å². The van der Waals surface area contributed by atoms with Gasteiger partial charge in [0, 0.05) is 0 Å². The first-order valence-corrected chi connectivity index (χ1v) is 7.03. The molecular weight excluding hydrogens is 264 g/mol. The van der Waals surface area contributed by atoms with E-state index in [-0.39, 0.29) is 5.75 Å². The summed E-state index contributed by atoms with van der Waals surface area (Å²) in [6.07, 6.45) is -1.30. The Morgan fingerprint density at radius 3 is 2.33 bits per heavy atom. The van der Waals surface area contributed by atoms with E-state index in [9.17, 15) is 18.0 Å². The van der Waals surface area contributed by atoms with Gasteiger partial charge in [0.25, 0.3) is 0 Å². The number of carboxylic acid groups (broad SMARTS) is 1. The van der Waals surface area contributed by atoms with Gasteiger partial charge in [-0.2, -0.15) is 0 Å². The van der Waals surface area contributed by atoms with Crippen LogP contribution in [0.1, 0.15) is 20.3 Å². The third-order valence-corrected chi connectivity index (χ3v) is 3.64. The van der Waals surface area contributed by atoms with Crippen molar-refractivity contribution in [2.45, 2.75) is 32.4 Å². The van der Waals surface area contributed by atoms with E-state index in [4.69, 9.17) is 10.2 Å². The molecule has 2 atom stereocenters. The monoisotopic (exact) mass is 282 g/mol.